The molecular weight excluding hydrogens is 1120 g/mol. The van der Waals surface area contributed by atoms with Crippen LogP contribution in [0.3, 0.4) is 0 Å². The van der Waals surface area contributed by atoms with E-state index in [1.165, 1.54) is 0 Å². The number of hydrogen-bond donors (Lipinski definition) is 0. The Bertz CT molecular complexity index is 1130. The maximum absolute atomic E-state index is 4.89. The number of rotatable bonds is 16. The number of aliphatic imine (C=N–C) groups is 8. The summed E-state index contributed by atoms with van der Waals surface area (Å²) in [6.45, 7) is 1.20. The number of hydrogen-bond acceptors (Lipinski definition) is 12. The van der Waals surface area contributed by atoms with Gasteiger partial charge in [-0.2, -0.15) is 0 Å². The van der Waals surface area contributed by atoms with Gasteiger partial charge in [0.25, 0.3) is 0 Å². The molecule has 0 saturated carbocycles. The Kier molecular flexibility index (Phi) is 122. The summed E-state index contributed by atoms with van der Waals surface area (Å²) in [6, 6.07) is 11.5. The summed E-state index contributed by atoms with van der Waals surface area (Å²) >= 11 is -1.29. The van der Waals surface area contributed by atoms with Crippen molar-refractivity contribution in [1.29, 1.82) is 0 Å². The van der Waals surface area contributed by atoms with Crippen LogP contribution in [-0.2, 0) is 68.5 Å². The summed E-state index contributed by atoms with van der Waals surface area (Å²) in [5.74, 6) is 1.21. The molecular formula is C37H62Cl10N10O2TiV2-4. The Balaban J connectivity index is -0.0000000675. The number of pyridine rings is 2. The minimum absolute atomic E-state index is 0. The van der Waals surface area contributed by atoms with E-state index in [1.54, 1.807) is 79.7 Å². The molecule has 0 spiro atoms. The normalized spacial score (nSPS) is 10.6. The zero-order chi connectivity index (χ0) is 45.2. The molecule has 2 aromatic rings. The molecule has 0 unspecified atom stereocenters. The zero-order valence-corrected chi connectivity index (χ0v) is 48.7. The van der Waals surface area contributed by atoms with Gasteiger partial charge >= 0.3 is 104 Å². The van der Waals surface area contributed by atoms with Gasteiger partial charge in [0.2, 0.25) is 0 Å². The van der Waals surface area contributed by atoms with Crippen LogP contribution < -0.4 is 49.6 Å². The molecule has 0 N–H and O–H groups in total. The molecule has 2 heterocycles. The second-order valence-corrected chi connectivity index (χ2v) is 17.2. The molecule has 360 valence electrons. The second-order valence-electron chi connectivity index (χ2n) is 10.0. The van der Waals surface area contributed by atoms with Gasteiger partial charge in [0.1, 0.15) is 0 Å². The SMILES string of the molecule is CN=CC=NC.CN=CC=NC.CN=CCC(CC=NC)CC(CC=NC)CC=NC.COCc1ccccn1.COCc1ccccn1.[Cl-].[Cl-].[Cl-].[Cl-].[Cl][Ti][Cl].[Cl][V][Cl].[Cl][V][Cl]. The van der Waals surface area contributed by atoms with Gasteiger partial charge in [0.15, 0.2) is 0 Å². The van der Waals surface area contributed by atoms with Crippen molar-refractivity contribution in [2.24, 2.45) is 51.8 Å². The van der Waals surface area contributed by atoms with E-state index in [0.29, 0.717) is 25.0 Å². The van der Waals surface area contributed by atoms with E-state index in [2.05, 4.69) is 49.9 Å². The molecule has 0 bridgehead atoms. The fourth-order valence-electron chi connectivity index (χ4n) is 3.60. The van der Waals surface area contributed by atoms with Crippen molar-refractivity contribution >= 4 is 108 Å². The van der Waals surface area contributed by atoms with Crippen molar-refractivity contribution in [1.82, 2.24) is 9.97 Å². The van der Waals surface area contributed by atoms with Crippen molar-refractivity contribution in [3.8, 4) is 0 Å². The predicted octanol–water partition coefficient (Wildman–Crippen LogP) is -1.65. The van der Waals surface area contributed by atoms with Crippen LogP contribution in [-0.4, -0.2) is 130 Å². The fourth-order valence-corrected chi connectivity index (χ4v) is 3.60. The third kappa shape index (κ3) is 90.9. The van der Waals surface area contributed by atoms with E-state index in [4.69, 9.17) is 67.5 Å². The molecule has 0 radical (unpaired) electrons. The van der Waals surface area contributed by atoms with Gasteiger partial charge < -0.3 is 79.1 Å². The van der Waals surface area contributed by atoms with Crippen LogP contribution in [0, 0.1) is 11.8 Å². The van der Waals surface area contributed by atoms with Crippen LogP contribution in [0.4, 0.5) is 0 Å². The van der Waals surface area contributed by atoms with Crippen molar-refractivity contribution in [2.45, 2.75) is 45.3 Å². The minimum atomic E-state index is -0.556. The molecule has 0 atom stereocenters. The van der Waals surface area contributed by atoms with Gasteiger partial charge in [-0.3, -0.25) is 29.9 Å². The van der Waals surface area contributed by atoms with Crippen LogP contribution in [0.2, 0.25) is 0 Å². The first kappa shape index (κ1) is 85.6. The molecule has 2 aromatic heterocycles. The Morgan fingerprint density at radius 1 is 0.516 bits per heavy atom. The molecule has 0 aliphatic heterocycles. The summed E-state index contributed by atoms with van der Waals surface area (Å²) in [4.78, 5) is 39.1. The van der Waals surface area contributed by atoms with Gasteiger partial charge in [-0.25, -0.2) is 0 Å². The van der Waals surface area contributed by atoms with Crippen molar-refractivity contribution in [3.05, 3.63) is 60.2 Å². The quantitative estimate of drug-likeness (QED) is 0.147. The first-order valence-corrected chi connectivity index (χ1v) is 29.1. The second kappa shape index (κ2) is 88.2. The molecule has 12 nitrogen and oxygen atoms in total. The number of methoxy groups -OCH3 is 2. The van der Waals surface area contributed by atoms with Crippen LogP contribution in [0.15, 0.2) is 88.7 Å². The number of halogens is 10. The van der Waals surface area contributed by atoms with Crippen LogP contribution in [0.1, 0.15) is 43.5 Å². The molecule has 0 amide bonds. The van der Waals surface area contributed by atoms with Crippen molar-refractivity contribution in [2.75, 3.05) is 70.6 Å². The number of ether oxygens (including phenoxy) is 2. The van der Waals surface area contributed by atoms with E-state index in [1.807, 2.05) is 89.4 Å². The molecule has 0 aliphatic rings. The molecule has 0 aliphatic carbocycles. The van der Waals surface area contributed by atoms with Gasteiger partial charge in [0.05, 0.1) is 24.6 Å². The monoisotopic (exact) mass is 1180 g/mol. The van der Waals surface area contributed by atoms with E-state index in [9.17, 15) is 0 Å². The molecule has 25 heteroatoms. The number of nitrogens with zero attached hydrogens (tertiary/aromatic N) is 10. The zero-order valence-electron chi connectivity index (χ0n) is 36.8. The van der Waals surface area contributed by atoms with Crippen molar-refractivity contribution < 1.29 is 105 Å². The van der Waals surface area contributed by atoms with E-state index < -0.39 is 17.0 Å². The Morgan fingerprint density at radius 3 is 0.919 bits per heavy atom. The van der Waals surface area contributed by atoms with Gasteiger partial charge in [-0.05, 0) is 93.1 Å². The standard InChI is InChI=1S/C15H28N4.2C7H9NO.2C4H8N2.10ClH.Ti.2V/c1-16-9-5-14(6-10-17-2)13-15(7-11-18-3)8-12-19-4;2*1-9-6-7-4-2-3-5-8-7;2*1-5-3-4-6-2;;;;;;;;;;;;;/h9-12,14-15H,5-8,13H2,1-4H3;2*2-5H,6H2,1H3;2*3-4H,1-2H3;10*1H;;;/q;;;;;;;;;;;;;;;3*+2/p-10. The molecule has 0 aromatic carbocycles. The molecule has 0 fully saturated rings. The molecule has 0 saturated heterocycles. The third-order valence-electron chi connectivity index (χ3n) is 5.92. The summed E-state index contributed by atoms with van der Waals surface area (Å²) < 4.78 is 9.73. The van der Waals surface area contributed by atoms with E-state index in [-0.39, 0.29) is 78.4 Å². The first-order valence-electron chi connectivity index (χ1n) is 17.1. The molecule has 2 rings (SSSR count). The predicted molar refractivity (Wildman–Crippen MR) is 250 cm³/mol. The van der Waals surface area contributed by atoms with Gasteiger partial charge in [0, 0.05) is 108 Å². The summed E-state index contributed by atoms with van der Waals surface area (Å²) in [5.41, 5.74) is 1.94. The maximum atomic E-state index is 4.89. The van der Waals surface area contributed by atoms with Crippen LogP contribution in [0.5, 0.6) is 0 Å². The summed E-state index contributed by atoms with van der Waals surface area (Å²) in [5, 5.41) is 0. The molecule has 62 heavy (non-hydrogen) atoms. The van der Waals surface area contributed by atoms with Crippen molar-refractivity contribution in [3.63, 3.8) is 0 Å². The van der Waals surface area contributed by atoms with Crippen LogP contribution in [0.25, 0.3) is 0 Å². The fraction of sp³-hybridized carbons (Fsp3) is 0.514. The Hall–Kier alpha value is 0.363. The average Bonchev–Trinajstić information content (AvgIpc) is 3.24. The number of aromatic nitrogens is 2. The van der Waals surface area contributed by atoms with E-state index >= 15 is 0 Å². The Labute approximate surface area is 445 Å². The summed E-state index contributed by atoms with van der Waals surface area (Å²) in [7, 11) is 46.7. The van der Waals surface area contributed by atoms with Gasteiger partial charge in [-0.15, -0.1) is 0 Å². The Morgan fingerprint density at radius 2 is 0.758 bits per heavy atom. The average molecular weight is 1180 g/mol. The summed E-state index contributed by atoms with van der Waals surface area (Å²) in [6.07, 6.45) is 23.3. The van der Waals surface area contributed by atoms with E-state index in [0.717, 1.165) is 43.5 Å². The van der Waals surface area contributed by atoms with Gasteiger partial charge in [-0.1, -0.05) is 12.1 Å². The van der Waals surface area contributed by atoms with Crippen LogP contribution >= 0.6 is 58.0 Å². The first-order chi connectivity index (χ1) is 28.2. The third-order valence-corrected chi connectivity index (χ3v) is 5.92. The topological polar surface area (TPSA) is 143 Å².